The molecule has 1 unspecified atom stereocenters. The summed E-state index contributed by atoms with van der Waals surface area (Å²) in [5.74, 6) is 0. The highest BCUT2D eigenvalue weighted by molar-refractivity contribution is 4.96. The molecule has 20 atom stereocenters. The molecule has 0 aliphatic carbocycles. The molecule has 4 saturated heterocycles. The van der Waals surface area contributed by atoms with E-state index in [1.54, 1.807) is 0 Å². The first-order chi connectivity index (χ1) is 19.1. The van der Waals surface area contributed by atoms with Gasteiger partial charge in [-0.25, -0.2) is 0 Å². The third-order valence-corrected chi connectivity index (χ3v) is 8.05. The Labute approximate surface area is 235 Å². The number of hydrogen-bond donors (Lipinski definition) is 10. The second-order valence-corrected chi connectivity index (χ2v) is 11.1. The monoisotopic (exact) mass is 602 g/mol. The normalized spacial score (nSPS) is 56.9. The highest BCUT2D eigenvalue weighted by Crippen LogP contribution is 2.34. The third-order valence-electron chi connectivity index (χ3n) is 8.05. The first-order valence-electron chi connectivity index (χ1n) is 13.5. The van der Waals surface area contributed by atoms with E-state index in [2.05, 4.69) is 0 Å². The SMILES string of the molecule is C[C@@H]1O[C@@H](O[C@H]2[C@H](O[C@H]3C(O)O[C@H](C)[C@@H](O)[C@@H]3O)O[C@H](C)[C@@H](O)[C@@H]2O)[C@H](O)[C@H](O)[C@H]1O[C@@H]1O[C@H](C)[C@@H](O)[C@H](O)[C@H]1O. The maximum Gasteiger partial charge on any atom is 0.187 e. The van der Waals surface area contributed by atoms with Crippen LogP contribution < -0.4 is 0 Å². The fourth-order valence-electron chi connectivity index (χ4n) is 5.32. The summed E-state index contributed by atoms with van der Waals surface area (Å²) < 4.78 is 38.9. The van der Waals surface area contributed by atoms with Crippen LogP contribution in [0.15, 0.2) is 0 Å². The molecule has 0 spiro atoms. The summed E-state index contributed by atoms with van der Waals surface area (Å²) in [7, 11) is 0. The van der Waals surface area contributed by atoms with E-state index >= 15 is 0 Å². The zero-order valence-corrected chi connectivity index (χ0v) is 22.9. The Morgan fingerprint density at radius 3 is 1.29 bits per heavy atom. The minimum atomic E-state index is -1.84. The van der Waals surface area contributed by atoms with E-state index in [4.69, 9.17) is 33.2 Å². The van der Waals surface area contributed by atoms with Gasteiger partial charge in [-0.15, -0.1) is 0 Å². The number of rotatable bonds is 6. The molecular weight excluding hydrogens is 560 g/mol. The van der Waals surface area contributed by atoms with E-state index in [0.29, 0.717) is 0 Å². The van der Waals surface area contributed by atoms with Crippen molar-refractivity contribution in [1.82, 2.24) is 0 Å². The van der Waals surface area contributed by atoms with Gasteiger partial charge in [-0.2, -0.15) is 0 Å². The van der Waals surface area contributed by atoms with E-state index in [9.17, 15) is 51.1 Å². The van der Waals surface area contributed by atoms with Crippen LogP contribution >= 0.6 is 0 Å². The average molecular weight is 603 g/mol. The van der Waals surface area contributed by atoms with Crippen molar-refractivity contribution in [2.75, 3.05) is 0 Å². The number of hydrogen-bond acceptors (Lipinski definition) is 17. The van der Waals surface area contributed by atoms with Crippen LogP contribution in [0, 0.1) is 0 Å². The molecule has 17 nitrogen and oxygen atoms in total. The van der Waals surface area contributed by atoms with Crippen molar-refractivity contribution in [3.8, 4) is 0 Å². The molecule has 4 aliphatic rings. The Hall–Kier alpha value is -0.680. The summed E-state index contributed by atoms with van der Waals surface area (Å²) in [6.07, 6.45) is -29.4. The highest BCUT2D eigenvalue weighted by Gasteiger charge is 2.54. The lowest BCUT2D eigenvalue weighted by molar-refractivity contribution is -0.393. The Morgan fingerprint density at radius 2 is 0.707 bits per heavy atom. The standard InChI is InChI=1S/C24H42O17/c1-5-10(26)13(29)19(21(34)35-5)40-24-20(14(30)11(27)7(3)37-24)41-23-17(33)15(31)18(8(4)38-23)39-22-16(32)12(28)9(25)6(2)36-22/h5-34H,1-4H3/t5-,6-,7-,8+,9-,10-,11-,12+,13+,14+,15+,16-,17-,18+,19-,20-,21?,22+,23+,24+/m1/s1. The number of aliphatic hydroxyl groups excluding tert-OH is 10. The Morgan fingerprint density at radius 1 is 0.341 bits per heavy atom. The van der Waals surface area contributed by atoms with Crippen LogP contribution in [-0.2, 0) is 33.2 Å². The summed E-state index contributed by atoms with van der Waals surface area (Å²) in [5, 5.41) is 104. The van der Waals surface area contributed by atoms with E-state index in [1.165, 1.54) is 27.7 Å². The molecule has 0 saturated carbocycles. The molecule has 0 aromatic heterocycles. The molecule has 4 rings (SSSR count). The summed E-state index contributed by atoms with van der Waals surface area (Å²) in [6.45, 7) is 5.72. The van der Waals surface area contributed by atoms with Crippen molar-refractivity contribution in [2.45, 2.75) is 151 Å². The van der Waals surface area contributed by atoms with Crippen molar-refractivity contribution < 1.29 is 84.2 Å². The lowest BCUT2D eigenvalue weighted by atomic mass is 9.96. The number of aliphatic hydroxyl groups is 10. The second-order valence-electron chi connectivity index (χ2n) is 11.1. The summed E-state index contributed by atoms with van der Waals surface area (Å²) in [4.78, 5) is 0. The summed E-state index contributed by atoms with van der Waals surface area (Å²) in [5.41, 5.74) is 0. The smallest absolute Gasteiger partial charge is 0.187 e. The quantitative estimate of drug-likeness (QED) is 0.136. The van der Waals surface area contributed by atoms with Gasteiger partial charge in [0.1, 0.15) is 73.2 Å². The van der Waals surface area contributed by atoms with Gasteiger partial charge < -0.3 is 84.2 Å². The van der Waals surface area contributed by atoms with Crippen molar-refractivity contribution in [3.63, 3.8) is 0 Å². The van der Waals surface area contributed by atoms with Crippen LogP contribution in [0.25, 0.3) is 0 Å². The molecule has 10 N–H and O–H groups in total. The molecule has 0 bridgehead atoms. The molecular formula is C24H42O17. The summed E-state index contributed by atoms with van der Waals surface area (Å²) in [6, 6.07) is 0. The first kappa shape index (κ1) is 33.2. The largest absolute Gasteiger partial charge is 0.388 e. The van der Waals surface area contributed by atoms with Crippen molar-refractivity contribution >= 4 is 0 Å². The molecule has 0 aromatic carbocycles. The average Bonchev–Trinajstić information content (AvgIpc) is 2.92. The Bertz CT molecular complexity index is 853. The molecule has 4 fully saturated rings. The first-order valence-corrected chi connectivity index (χ1v) is 13.5. The van der Waals surface area contributed by atoms with Crippen LogP contribution in [0.2, 0.25) is 0 Å². The van der Waals surface area contributed by atoms with Gasteiger partial charge in [-0.1, -0.05) is 0 Å². The third kappa shape index (κ3) is 6.57. The molecule has 4 aliphatic heterocycles. The molecule has 0 aromatic rings. The van der Waals surface area contributed by atoms with Gasteiger partial charge >= 0.3 is 0 Å². The van der Waals surface area contributed by atoms with Gasteiger partial charge in [0.15, 0.2) is 25.2 Å². The Balaban J connectivity index is 1.46. The maximum absolute atomic E-state index is 10.8. The van der Waals surface area contributed by atoms with Crippen LogP contribution in [-0.4, -0.2) is 174 Å². The predicted molar refractivity (Wildman–Crippen MR) is 128 cm³/mol. The Kier molecular flexibility index (Phi) is 10.6. The predicted octanol–water partition coefficient (Wildman–Crippen LogP) is -5.64. The van der Waals surface area contributed by atoms with Gasteiger partial charge in [-0.05, 0) is 27.7 Å². The van der Waals surface area contributed by atoms with E-state index in [1.807, 2.05) is 0 Å². The van der Waals surface area contributed by atoms with E-state index < -0.39 is 123 Å². The van der Waals surface area contributed by atoms with Gasteiger partial charge in [0.2, 0.25) is 0 Å². The number of ether oxygens (including phenoxy) is 7. The summed E-state index contributed by atoms with van der Waals surface area (Å²) >= 11 is 0. The van der Waals surface area contributed by atoms with E-state index in [-0.39, 0.29) is 0 Å². The van der Waals surface area contributed by atoms with Crippen molar-refractivity contribution in [3.05, 3.63) is 0 Å². The van der Waals surface area contributed by atoms with Gasteiger partial charge in [0, 0.05) is 0 Å². The molecule has 0 radical (unpaired) electrons. The van der Waals surface area contributed by atoms with Gasteiger partial charge in [0.25, 0.3) is 0 Å². The van der Waals surface area contributed by atoms with Gasteiger partial charge in [-0.3, -0.25) is 0 Å². The molecule has 41 heavy (non-hydrogen) atoms. The minimum absolute atomic E-state index is 0.925. The van der Waals surface area contributed by atoms with Crippen molar-refractivity contribution in [1.29, 1.82) is 0 Å². The zero-order valence-electron chi connectivity index (χ0n) is 22.9. The molecule has 0 amide bonds. The zero-order chi connectivity index (χ0) is 30.5. The van der Waals surface area contributed by atoms with Crippen LogP contribution in [0.1, 0.15) is 27.7 Å². The maximum atomic E-state index is 10.8. The van der Waals surface area contributed by atoms with Crippen molar-refractivity contribution in [2.24, 2.45) is 0 Å². The molecule has 17 heteroatoms. The molecule has 4 heterocycles. The fraction of sp³-hybridized carbons (Fsp3) is 1.00. The van der Waals surface area contributed by atoms with Crippen LogP contribution in [0.3, 0.4) is 0 Å². The van der Waals surface area contributed by atoms with E-state index in [0.717, 1.165) is 0 Å². The van der Waals surface area contributed by atoms with Crippen LogP contribution in [0.5, 0.6) is 0 Å². The fourth-order valence-corrected chi connectivity index (χ4v) is 5.32. The molecule has 240 valence electrons. The van der Waals surface area contributed by atoms with Crippen LogP contribution in [0.4, 0.5) is 0 Å². The van der Waals surface area contributed by atoms with Gasteiger partial charge in [0.05, 0.1) is 24.4 Å². The lowest BCUT2D eigenvalue weighted by Crippen LogP contribution is -2.66. The minimum Gasteiger partial charge on any atom is -0.388 e. The highest BCUT2D eigenvalue weighted by atomic mass is 16.8. The lowest BCUT2D eigenvalue weighted by Gasteiger charge is -2.48. The second kappa shape index (κ2) is 13.1. The topological polar surface area (TPSA) is 267 Å².